The number of carbonyl (C=O) groups is 1. The van der Waals surface area contributed by atoms with Gasteiger partial charge in [0.05, 0.1) is 13.2 Å². The number of carbonyl (C=O) groups excluding carboxylic acids is 1. The number of ether oxygens (including phenoxy) is 1. The van der Waals surface area contributed by atoms with Gasteiger partial charge in [0, 0.05) is 44.7 Å². The van der Waals surface area contributed by atoms with E-state index in [0.717, 1.165) is 64.3 Å². The molecule has 0 aromatic rings. The SMILES string of the molecule is C[C@H]1C[C@@H]2[C@@H](CC(=O)N2CCN2CCOCC2)[C@@H]1CNC1CCCCC1. The summed E-state index contributed by atoms with van der Waals surface area (Å²) < 4.78 is 5.44. The van der Waals surface area contributed by atoms with Crippen LogP contribution in [0.2, 0.25) is 0 Å². The van der Waals surface area contributed by atoms with Gasteiger partial charge in [0.2, 0.25) is 5.91 Å². The molecule has 5 nitrogen and oxygen atoms in total. The fraction of sp³-hybridized carbons (Fsp3) is 0.952. The molecular formula is C21H37N3O2. The first-order valence-corrected chi connectivity index (χ1v) is 11.1. The van der Waals surface area contributed by atoms with E-state index < -0.39 is 0 Å². The zero-order valence-electron chi connectivity index (χ0n) is 16.5. The number of amides is 1. The number of hydrogen-bond donors (Lipinski definition) is 1. The molecule has 0 unspecified atom stereocenters. The van der Waals surface area contributed by atoms with Crippen LogP contribution in [-0.2, 0) is 9.53 Å². The number of fused-ring (bicyclic) bond motifs is 1. The quantitative estimate of drug-likeness (QED) is 0.785. The smallest absolute Gasteiger partial charge is 0.223 e. The van der Waals surface area contributed by atoms with Gasteiger partial charge >= 0.3 is 0 Å². The van der Waals surface area contributed by atoms with Gasteiger partial charge in [0.25, 0.3) is 0 Å². The maximum atomic E-state index is 12.7. The van der Waals surface area contributed by atoms with E-state index in [9.17, 15) is 4.79 Å². The van der Waals surface area contributed by atoms with Crippen LogP contribution in [-0.4, -0.2) is 73.7 Å². The Morgan fingerprint density at radius 1 is 1.12 bits per heavy atom. The van der Waals surface area contributed by atoms with Gasteiger partial charge in [-0.05, 0) is 43.6 Å². The molecule has 0 aromatic carbocycles. The second kappa shape index (κ2) is 8.57. The standard InChI is InChI=1S/C21H37N3O2/c1-16-13-20-18(19(16)15-22-17-5-3-2-4-6-17)14-21(25)24(20)8-7-23-9-11-26-12-10-23/h16-20,22H,2-15H2,1H3/t16-,18-,19+,20+/m0/s1. The van der Waals surface area contributed by atoms with Crippen LogP contribution in [0.3, 0.4) is 0 Å². The summed E-state index contributed by atoms with van der Waals surface area (Å²) in [6.07, 6.45) is 8.87. The average Bonchev–Trinajstić information content (AvgIpc) is 3.13. The van der Waals surface area contributed by atoms with E-state index in [-0.39, 0.29) is 0 Å². The van der Waals surface area contributed by atoms with Crippen molar-refractivity contribution in [1.82, 2.24) is 15.1 Å². The van der Waals surface area contributed by atoms with Crippen LogP contribution in [0, 0.1) is 17.8 Å². The Balaban J connectivity index is 1.29. The van der Waals surface area contributed by atoms with Crippen LogP contribution < -0.4 is 5.32 Å². The second-order valence-electron chi connectivity index (χ2n) is 9.10. The molecule has 2 aliphatic heterocycles. The average molecular weight is 364 g/mol. The van der Waals surface area contributed by atoms with E-state index in [1.165, 1.54) is 38.5 Å². The first kappa shape index (κ1) is 18.7. The summed E-state index contributed by atoms with van der Waals surface area (Å²) in [5, 5.41) is 3.87. The number of hydrogen-bond acceptors (Lipinski definition) is 4. The van der Waals surface area contributed by atoms with Crippen molar-refractivity contribution in [3.8, 4) is 0 Å². The van der Waals surface area contributed by atoms with Crippen LogP contribution in [0.4, 0.5) is 0 Å². The molecule has 4 rings (SSSR count). The topological polar surface area (TPSA) is 44.8 Å². The molecule has 0 spiro atoms. The summed E-state index contributed by atoms with van der Waals surface area (Å²) in [6.45, 7) is 9.17. The van der Waals surface area contributed by atoms with E-state index in [4.69, 9.17) is 4.74 Å². The van der Waals surface area contributed by atoms with E-state index in [0.29, 0.717) is 23.8 Å². The Kier molecular flexibility index (Phi) is 6.17. The summed E-state index contributed by atoms with van der Waals surface area (Å²) >= 11 is 0. The first-order chi connectivity index (χ1) is 12.7. The zero-order chi connectivity index (χ0) is 17.9. The third-order valence-corrected chi connectivity index (χ3v) is 7.53. The van der Waals surface area contributed by atoms with Crippen LogP contribution >= 0.6 is 0 Å². The van der Waals surface area contributed by atoms with Crippen molar-refractivity contribution in [3.05, 3.63) is 0 Å². The van der Waals surface area contributed by atoms with Gasteiger partial charge in [-0.25, -0.2) is 0 Å². The molecule has 0 aromatic heterocycles. The molecule has 2 heterocycles. The van der Waals surface area contributed by atoms with Gasteiger partial charge in [-0.3, -0.25) is 9.69 Å². The number of likely N-dealkylation sites (tertiary alicyclic amines) is 1. The highest BCUT2D eigenvalue weighted by molar-refractivity contribution is 5.79. The molecule has 4 atom stereocenters. The second-order valence-corrected chi connectivity index (χ2v) is 9.10. The van der Waals surface area contributed by atoms with Crippen molar-refractivity contribution < 1.29 is 9.53 Å². The molecule has 2 saturated heterocycles. The minimum Gasteiger partial charge on any atom is -0.379 e. The predicted octanol–water partition coefficient (Wildman–Crippen LogP) is 2.11. The molecule has 5 heteroatoms. The van der Waals surface area contributed by atoms with E-state index in [1.807, 2.05) is 0 Å². The molecule has 2 aliphatic carbocycles. The van der Waals surface area contributed by atoms with Crippen LogP contribution in [0.15, 0.2) is 0 Å². The third-order valence-electron chi connectivity index (χ3n) is 7.53. The van der Waals surface area contributed by atoms with Crippen molar-refractivity contribution >= 4 is 5.91 Å². The van der Waals surface area contributed by atoms with Gasteiger partial charge in [-0.2, -0.15) is 0 Å². The fourth-order valence-electron chi connectivity index (χ4n) is 5.91. The van der Waals surface area contributed by atoms with Crippen molar-refractivity contribution in [2.24, 2.45) is 17.8 Å². The summed E-state index contributed by atoms with van der Waals surface area (Å²) in [5.41, 5.74) is 0. The normalized spacial score (nSPS) is 36.7. The Morgan fingerprint density at radius 3 is 2.65 bits per heavy atom. The Morgan fingerprint density at radius 2 is 1.88 bits per heavy atom. The minimum absolute atomic E-state index is 0.405. The number of rotatable bonds is 6. The van der Waals surface area contributed by atoms with Crippen LogP contribution in [0.5, 0.6) is 0 Å². The lowest BCUT2D eigenvalue weighted by atomic mass is 9.87. The van der Waals surface area contributed by atoms with Crippen LogP contribution in [0.1, 0.15) is 51.9 Å². The van der Waals surface area contributed by atoms with Crippen molar-refractivity contribution in [2.75, 3.05) is 45.9 Å². The molecule has 148 valence electrons. The summed E-state index contributed by atoms with van der Waals surface area (Å²) in [5.74, 6) is 2.40. The summed E-state index contributed by atoms with van der Waals surface area (Å²) in [4.78, 5) is 17.4. The minimum atomic E-state index is 0.405. The predicted molar refractivity (Wildman–Crippen MR) is 103 cm³/mol. The van der Waals surface area contributed by atoms with Gasteiger partial charge in [0.1, 0.15) is 0 Å². The lowest BCUT2D eigenvalue weighted by molar-refractivity contribution is -0.129. The van der Waals surface area contributed by atoms with Gasteiger partial charge in [-0.15, -0.1) is 0 Å². The molecule has 1 N–H and O–H groups in total. The largest absolute Gasteiger partial charge is 0.379 e. The molecule has 26 heavy (non-hydrogen) atoms. The number of morpholine rings is 1. The summed E-state index contributed by atoms with van der Waals surface area (Å²) in [6, 6.07) is 1.22. The van der Waals surface area contributed by atoms with Gasteiger partial charge in [0.15, 0.2) is 0 Å². The maximum absolute atomic E-state index is 12.7. The maximum Gasteiger partial charge on any atom is 0.223 e. The molecule has 1 amide bonds. The highest BCUT2D eigenvalue weighted by atomic mass is 16.5. The number of nitrogens with zero attached hydrogens (tertiary/aromatic N) is 2. The molecule has 4 fully saturated rings. The third kappa shape index (κ3) is 4.10. The molecular weight excluding hydrogens is 326 g/mol. The molecule has 2 saturated carbocycles. The number of nitrogens with one attached hydrogen (secondary N) is 1. The van der Waals surface area contributed by atoms with E-state index in [2.05, 4.69) is 22.0 Å². The van der Waals surface area contributed by atoms with E-state index in [1.54, 1.807) is 0 Å². The highest BCUT2D eigenvalue weighted by Crippen LogP contribution is 2.45. The molecule has 0 bridgehead atoms. The fourth-order valence-corrected chi connectivity index (χ4v) is 5.91. The van der Waals surface area contributed by atoms with Crippen LogP contribution in [0.25, 0.3) is 0 Å². The molecule has 0 radical (unpaired) electrons. The Bertz CT molecular complexity index is 474. The Hall–Kier alpha value is -0.650. The Labute approximate surface area is 158 Å². The van der Waals surface area contributed by atoms with Gasteiger partial charge in [-0.1, -0.05) is 26.2 Å². The van der Waals surface area contributed by atoms with Crippen molar-refractivity contribution in [1.29, 1.82) is 0 Å². The monoisotopic (exact) mass is 363 g/mol. The zero-order valence-corrected chi connectivity index (χ0v) is 16.5. The molecule has 4 aliphatic rings. The first-order valence-electron chi connectivity index (χ1n) is 11.1. The lowest BCUT2D eigenvalue weighted by Crippen LogP contribution is -2.44. The lowest BCUT2D eigenvalue weighted by Gasteiger charge is -2.31. The van der Waals surface area contributed by atoms with E-state index >= 15 is 0 Å². The summed E-state index contributed by atoms with van der Waals surface area (Å²) in [7, 11) is 0. The van der Waals surface area contributed by atoms with Crippen molar-refractivity contribution in [3.63, 3.8) is 0 Å². The van der Waals surface area contributed by atoms with Gasteiger partial charge < -0.3 is 15.0 Å². The highest BCUT2D eigenvalue weighted by Gasteiger charge is 2.50. The van der Waals surface area contributed by atoms with Crippen molar-refractivity contribution in [2.45, 2.75) is 64.0 Å².